The molecule has 0 aromatic carbocycles. The predicted molar refractivity (Wildman–Crippen MR) is 58.8 cm³/mol. The summed E-state index contributed by atoms with van der Waals surface area (Å²) < 4.78 is 5.91. The van der Waals surface area contributed by atoms with Gasteiger partial charge in [-0.2, -0.15) is 0 Å². The van der Waals surface area contributed by atoms with Gasteiger partial charge in [0.15, 0.2) is 0 Å². The molecular formula is C12H22O3. The molecule has 1 fully saturated rings. The largest absolute Gasteiger partial charge is 0.481 e. The number of carbonyl (C=O) groups is 1. The summed E-state index contributed by atoms with van der Waals surface area (Å²) in [5.41, 5.74) is -0.151. The van der Waals surface area contributed by atoms with Crippen LogP contribution in [0.5, 0.6) is 0 Å². The van der Waals surface area contributed by atoms with E-state index in [2.05, 4.69) is 13.8 Å². The smallest absolute Gasteiger partial charge is 0.303 e. The van der Waals surface area contributed by atoms with E-state index in [1.165, 1.54) is 0 Å². The van der Waals surface area contributed by atoms with Crippen LogP contribution in [0.15, 0.2) is 0 Å². The van der Waals surface area contributed by atoms with E-state index in [0.29, 0.717) is 0 Å². The van der Waals surface area contributed by atoms with Gasteiger partial charge in [0.05, 0.1) is 11.7 Å². The molecule has 3 heteroatoms. The van der Waals surface area contributed by atoms with Gasteiger partial charge in [-0.3, -0.25) is 4.79 Å². The second-order valence-electron chi connectivity index (χ2n) is 6.07. The van der Waals surface area contributed by atoms with Crippen LogP contribution in [0.4, 0.5) is 0 Å². The van der Waals surface area contributed by atoms with Gasteiger partial charge in [-0.15, -0.1) is 0 Å². The zero-order valence-corrected chi connectivity index (χ0v) is 10.3. The van der Waals surface area contributed by atoms with Crippen LogP contribution in [0, 0.1) is 11.3 Å². The Morgan fingerprint density at radius 1 is 1.47 bits per heavy atom. The highest BCUT2D eigenvalue weighted by molar-refractivity contribution is 5.67. The van der Waals surface area contributed by atoms with Crippen LogP contribution in [0.3, 0.4) is 0 Å². The highest BCUT2D eigenvalue weighted by Gasteiger charge is 2.50. The first-order valence-electron chi connectivity index (χ1n) is 5.52. The van der Waals surface area contributed by atoms with Crippen molar-refractivity contribution in [2.75, 3.05) is 0 Å². The lowest BCUT2D eigenvalue weighted by molar-refractivity contribution is -0.193. The second kappa shape index (κ2) is 3.78. The molecular weight excluding hydrogens is 192 g/mol. The van der Waals surface area contributed by atoms with Gasteiger partial charge in [-0.1, -0.05) is 13.8 Å². The standard InChI is InChI=1S/C12H22O3/c1-11(2,3)15-9-6-8(7-10(13)14)12(9,4)5/h8-9H,6-7H2,1-5H3,(H,13,14). The van der Waals surface area contributed by atoms with E-state index < -0.39 is 5.97 Å². The van der Waals surface area contributed by atoms with Crippen molar-refractivity contribution in [1.29, 1.82) is 0 Å². The summed E-state index contributed by atoms with van der Waals surface area (Å²) in [5, 5.41) is 8.76. The molecule has 1 aliphatic rings. The van der Waals surface area contributed by atoms with Crippen molar-refractivity contribution in [3.63, 3.8) is 0 Å². The lowest BCUT2D eigenvalue weighted by Crippen LogP contribution is -2.53. The second-order valence-corrected chi connectivity index (χ2v) is 6.07. The molecule has 0 heterocycles. The zero-order chi connectivity index (χ0) is 11.9. The van der Waals surface area contributed by atoms with Gasteiger partial charge >= 0.3 is 5.97 Å². The lowest BCUT2D eigenvalue weighted by atomic mass is 9.59. The Hall–Kier alpha value is -0.570. The monoisotopic (exact) mass is 214 g/mol. The summed E-state index contributed by atoms with van der Waals surface area (Å²) in [6.45, 7) is 10.3. The first-order chi connectivity index (χ1) is 6.63. The minimum atomic E-state index is -0.706. The maximum Gasteiger partial charge on any atom is 0.303 e. The topological polar surface area (TPSA) is 46.5 Å². The summed E-state index contributed by atoms with van der Waals surface area (Å²) in [7, 11) is 0. The summed E-state index contributed by atoms with van der Waals surface area (Å²) in [6.07, 6.45) is 1.33. The number of rotatable bonds is 3. The molecule has 2 unspecified atom stereocenters. The minimum Gasteiger partial charge on any atom is -0.481 e. The van der Waals surface area contributed by atoms with Crippen LogP contribution < -0.4 is 0 Å². The number of ether oxygens (including phenoxy) is 1. The fourth-order valence-corrected chi connectivity index (χ4v) is 2.15. The summed E-state index contributed by atoms with van der Waals surface area (Å²) in [5.74, 6) is -0.454. The molecule has 0 aromatic heterocycles. The van der Waals surface area contributed by atoms with E-state index in [1.807, 2.05) is 20.8 Å². The molecule has 3 nitrogen and oxygen atoms in total. The average molecular weight is 214 g/mol. The first kappa shape index (κ1) is 12.5. The fraction of sp³-hybridized carbons (Fsp3) is 0.917. The molecule has 1 rings (SSSR count). The van der Waals surface area contributed by atoms with Crippen LogP contribution in [-0.2, 0) is 9.53 Å². The molecule has 0 aromatic rings. The molecule has 0 amide bonds. The maximum atomic E-state index is 10.6. The first-order valence-corrected chi connectivity index (χ1v) is 5.52. The highest BCUT2D eigenvalue weighted by atomic mass is 16.5. The van der Waals surface area contributed by atoms with Gasteiger partial charge in [-0.25, -0.2) is 0 Å². The minimum absolute atomic E-state index is 0.00826. The quantitative estimate of drug-likeness (QED) is 0.785. The third-order valence-corrected chi connectivity index (χ3v) is 3.30. The molecule has 0 bridgehead atoms. The molecule has 1 saturated carbocycles. The van der Waals surface area contributed by atoms with Crippen LogP contribution >= 0.6 is 0 Å². The molecule has 0 aliphatic heterocycles. The Bertz CT molecular complexity index is 250. The van der Waals surface area contributed by atoms with Gasteiger partial charge in [-0.05, 0) is 38.5 Å². The number of hydrogen-bond donors (Lipinski definition) is 1. The van der Waals surface area contributed by atoms with E-state index in [4.69, 9.17) is 9.84 Å². The van der Waals surface area contributed by atoms with E-state index in [0.717, 1.165) is 6.42 Å². The average Bonchev–Trinajstić information content (AvgIpc) is 1.99. The van der Waals surface area contributed by atoms with E-state index >= 15 is 0 Å². The third kappa shape index (κ3) is 2.94. The molecule has 15 heavy (non-hydrogen) atoms. The Morgan fingerprint density at radius 3 is 2.33 bits per heavy atom. The number of aliphatic carboxylic acids is 1. The Morgan fingerprint density at radius 2 is 2.00 bits per heavy atom. The van der Waals surface area contributed by atoms with Gasteiger partial charge in [0.1, 0.15) is 0 Å². The Balaban J connectivity index is 2.52. The molecule has 0 spiro atoms. The van der Waals surface area contributed by atoms with E-state index in [-0.39, 0.29) is 29.5 Å². The highest BCUT2D eigenvalue weighted by Crippen LogP contribution is 2.50. The lowest BCUT2D eigenvalue weighted by Gasteiger charge is -2.53. The Kier molecular flexibility index (Phi) is 3.15. The number of carboxylic acid groups (broad SMARTS) is 1. The number of hydrogen-bond acceptors (Lipinski definition) is 2. The van der Waals surface area contributed by atoms with Crippen LogP contribution in [0.1, 0.15) is 47.5 Å². The maximum absolute atomic E-state index is 10.6. The Labute approximate surface area is 91.8 Å². The van der Waals surface area contributed by atoms with Gasteiger partial charge in [0.25, 0.3) is 0 Å². The molecule has 0 radical (unpaired) electrons. The van der Waals surface area contributed by atoms with Crippen molar-refractivity contribution in [3.05, 3.63) is 0 Å². The van der Waals surface area contributed by atoms with Crippen LogP contribution in [0.2, 0.25) is 0 Å². The zero-order valence-electron chi connectivity index (χ0n) is 10.3. The van der Waals surface area contributed by atoms with Crippen molar-refractivity contribution in [2.24, 2.45) is 11.3 Å². The van der Waals surface area contributed by atoms with Crippen molar-refractivity contribution in [1.82, 2.24) is 0 Å². The molecule has 88 valence electrons. The van der Waals surface area contributed by atoms with Crippen molar-refractivity contribution >= 4 is 5.97 Å². The molecule has 1 N–H and O–H groups in total. The number of carboxylic acids is 1. The summed E-state index contributed by atoms with van der Waals surface area (Å²) in [4.78, 5) is 10.6. The van der Waals surface area contributed by atoms with Gasteiger partial charge < -0.3 is 9.84 Å². The normalized spacial score (nSPS) is 29.7. The fourth-order valence-electron chi connectivity index (χ4n) is 2.15. The van der Waals surface area contributed by atoms with Crippen molar-refractivity contribution < 1.29 is 14.6 Å². The van der Waals surface area contributed by atoms with E-state index in [9.17, 15) is 4.79 Å². The third-order valence-electron chi connectivity index (χ3n) is 3.30. The predicted octanol–water partition coefficient (Wildman–Crippen LogP) is 2.69. The van der Waals surface area contributed by atoms with Crippen LogP contribution in [-0.4, -0.2) is 22.8 Å². The van der Waals surface area contributed by atoms with E-state index in [1.54, 1.807) is 0 Å². The van der Waals surface area contributed by atoms with Crippen LogP contribution in [0.25, 0.3) is 0 Å². The summed E-state index contributed by atoms with van der Waals surface area (Å²) in [6, 6.07) is 0. The van der Waals surface area contributed by atoms with Gasteiger partial charge in [0, 0.05) is 6.42 Å². The molecule has 1 aliphatic carbocycles. The summed E-state index contributed by atoms with van der Waals surface area (Å²) >= 11 is 0. The molecule has 0 saturated heterocycles. The molecule has 2 atom stereocenters. The SMILES string of the molecule is CC(C)(C)OC1CC(CC(=O)O)C1(C)C. The van der Waals surface area contributed by atoms with Crippen molar-refractivity contribution in [2.45, 2.75) is 59.2 Å². The van der Waals surface area contributed by atoms with Gasteiger partial charge in [0.2, 0.25) is 0 Å². The van der Waals surface area contributed by atoms with Crippen molar-refractivity contribution in [3.8, 4) is 0 Å².